The lowest BCUT2D eigenvalue weighted by Crippen LogP contribution is -2.45. The predicted octanol–water partition coefficient (Wildman–Crippen LogP) is 4.15. The molecule has 1 aromatic carbocycles. The number of hydrogen-bond donors (Lipinski definition) is 1. The maximum Gasteiger partial charge on any atom is 0.274 e. The third-order valence-electron chi connectivity index (χ3n) is 6.76. The first-order chi connectivity index (χ1) is 16.5. The lowest BCUT2D eigenvalue weighted by atomic mass is 10.1. The van der Waals surface area contributed by atoms with E-state index in [0.717, 1.165) is 34.0 Å². The molecular formula is C25H25N3O4S2. The monoisotopic (exact) mass is 495 g/mol. The summed E-state index contributed by atoms with van der Waals surface area (Å²) in [6.45, 7) is 6.06. The molecule has 1 saturated heterocycles. The SMILES string of the molecule is Cc1cccc(-c2sc(C)nc2C(=O)N2C[C@H]3C[C@H]3[C@H]2CNC(=O)c2scc3c2OCCO3)c1. The summed E-state index contributed by atoms with van der Waals surface area (Å²) in [5.74, 6) is 1.88. The number of thiophene rings is 1. The Morgan fingerprint density at radius 1 is 1.24 bits per heavy atom. The second-order valence-corrected chi connectivity index (χ2v) is 11.2. The number of aromatic nitrogens is 1. The summed E-state index contributed by atoms with van der Waals surface area (Å²) in [6, 6.07) is 8.16. The van der Waals surface area contributed by atoms with Crippen molar-refractivity contribution in [1.29, 1.82) is 0 Å². The van der Waals surface area contributed by atoms with Crippen molar-refractivity contribution in [2.75, 3.05) is 26.3 Å². The topological polar surface area (TPSA) is 80.8 Å². The van der Waals surface area contributed by atoms with Gasteiger partial charge in [-0.15, -0.1) is 22.7 Å². The molecule has 0 unspecified atom stereocenters. The van der Waals surface area contributed by atoms with Crippen LogP contribution in [-0.4, -0.2) is 54.0 Å². The Hall–Kier alpha value is -2.91. The maximum atomic E-state index is 13.7. The number of ether oxygens (including phenoxy) is 2. The molecule has 0 spiro atoms. The van der Waals surface area contributed by atoms with Crippen LogP contribution in [0.25, 0.3) is 10.4 Å². The van der Waals surface area contributed by atoms with Gasteiger partial charge >= 0.3 is 0 Å². The van der Waals surface area contributed by atoms with Gasteiger partial charge in [0.1, 0.15) is 23.8 Å². The number of carbonyl (C=O) groups excluding carboxylic acids is 2. The smallest absolute Gasteiger partial charge is 0.274 e. The number of hydrogen-bond acceptors (Lipinski definition) is 7. The van der Waals surface area contributed by atoms with Crippen molar-refractivity contribution in [3.8, 4) is 21.9 Å². The minimum absolute atomic E-state index is 0.0261. The molecule has 2 fully saturated rings. The van der Waals surface area contributed by atoms with Crippen LogP contribution in [0.4, 0.5) is 0 Å². The zero-order chi connectivity index (χ0) is 23.4. The summed E-state index contributed by atoms with van der Waals surface area (Å²) < 4.78 is 11.2. The van der Waals surface area contributed by atoms with Gasteiger partial charge in [-0.1, -0.05) is 29.8 Å². The number of benzene rings is 1. The summed E-state index contributed by atoms with van der Waals surface area (Å²) in [4.78, 5) is 34.6. The zero-order valence-electron chi connectivity index (χ0n) is 19.0. The highest BCUT2D eigenvalue weighted by atomic mass is 32.1. The molecule has 1 N–H and O–H groups in total. The van der Waals surface area contributed by atoms with E-state index in [2.05, 4.69) is 16.4 Å². The summed E-state index contributed by atoms with van der Waals surface area (Å²) in [7, 11) is 0. The summed E-state index contributed by atoms with van der Waals surface area (Å²) >= 11 is 2.88. The van der Waals surface area contributed by atoms with Crippen LogP contribution >= 0.6 is 22.7 Å². The van der Waals surface area contributed by atoms with Crippen LogP contribution in [0.2, 0.25) is 0 Å². The molecule has 0 bridgehead atoms. The van der Waals surface area contributed by atoms with E-state index >= 15 is 0 Å². The van der Waals surface area contributed by atoms with Crippen LogP contribution in [0.5, 0.6) is 11.5 Å². The van der Waals surface area contributed by atoms with E-state index in [0.29, 0.717) is 53.7 Å². The summed E-state index contributed by atoms with van der Waals surface area (Å²) in [6.07, 6.45) is 1.11. The fourth-order valence-electron chi connectivity index (χ4n) is 5.05. The van der Waals surface area contributed by atoms with Crippen LogP contribution in [0, 0.1) is 25.7 Å². The molecule has 176 valence electrons. The second-order valence-electron chi connectivity index (χ2n) is 9.13. The van der Waals surface area contributed by atoms with Crippen LogP contribution in [0.15, 0.2) is 29.6 Å². The van der Waals surface area contributed by atoms with Crippen LogP contribution in [0.1, 0.15) is 37.2 Å². The molecule has 7 nitrogen and oxygen atoms in total. The highest BCUT2D eigenvalue weighted by Gasteiger charge is 2.54. The van der Waals surface area contributed by atoms with Gasteiger partial charge in [-0.25, -0.2) is 4.98 Å². The molecule has 0 radical (unpaired) electrons. The first-order valence-electron chi connectivity index (χ1n) is 11.5. The fourth-order valence-corrected chi connectivity index (χ4v) is 6.81. The highest BCUT2D eigenvalue weighted by Crippen LogP contribution is 2.50. The molecule has 1 aliphatic carbocycles. The first kappa shape index (κ1) is 21.6. The molecule has 6 rings (SSSR count). The largest absolute Gasteiger partial charge is 0.485 e. The number of likely N-dealkylation sites (tertiary alicyclic amines) is 1. The van der Waals surface area contributed by atoms with Gasteiger partial charge in [-0.05, 0) is 37.7 Å². The van der Waals surface area contributed by atoms with Crippen molar-refractivity contribution in [2.24, 2.45) is 11.8 Å². The minimum atomic E-state index is -0.182. The fraction of sp³-hybridized carbons (Fsp3) is 0.400. The highest BCUT2D eigenvalue weighted by molar-refractivity contribution is 7.15. The average molecular weight is 496 g/mol. The Balaban J connectivity index is 1.21. The molecule has 1 saturated carbocycles. The Morgan fingerprint density at radius 2 is 2.09 bits per heavy atom. The van der Waals surface area contributed by atoms with Crippen LogP contribution in [0.3, 0.4) is 0 Å². The van der Waals surface area contributed by atoms with E-state index < -0.39 is 0 Å². The van der Waals surface area contributed by atoms with Crippen LogP contribution in [-0.2, 0) is 0 Å². The molecule has 2 aromatic heterocycles. The van der Waals surface area contributed by atoms with Gasteiger partial charge in [0.2, 0.25) is 0 Å². The van der Waals surface area contributed by atoms with Gasteiger partial charge in [0, 0.05) is 18.5 Å². The Bertz CT molecular complexity index is 1280. The molecule has 34 heavy (non-hydrogen) atoms. The number of carbonyl (C=O) groups is 2. The number of amides is 2. The van der Waals surface area contributed by atoms with E-state index in [9.17, 15) is 9.59 Å². The summed E-state index contributed by atoms with van der Waals surface area (Å²) in [5, 5.41) is 5.74. The third kappa shape index (κ3) is 3.76. The maximum absolute atomic E-state index is 13.7. The quantitative estimate of drug-likeness (QED) is 0.575. The zero-order valence-corrected chi connectivity index (χ0v) is 20.6. The van der Waals surface area contributed by atoms with Gasteiger partial charge in [-0.2, -0.15) is 0 Å². The number of rotatable bonds is 5. The first-order valence-corrected chi connectivity index (χ1v) is 13.2. The van der Waals surface area contributed by atoms with Crippen molar-refractivity contribution < 1.29 is 19.1 Å². The molecule has 2 amide bonds. The molecule has 2 aliphatic heterocycles. The number of fused-ring (bicyclic) bond motifs is 2. The van der Waals surface area contributed by atoms with Gasteiger partial charge in [-0.3, -0.25) is 9.59 Å². The van der Waals surface area contributed by atoms with E-state index in [1.54, 1.807) is 11.3 Å². The van der Waals surface area contributed by atoms with E-state index in [1.165, 1.54) is 11.3 Å². The van der Waals surface area contributed by atoms with Gasteiger partial charge in [0.05, 0.1) is 15.9 Å². The number of thiazole rings is 1. The Labute approximate surface area is 205 Å². The van der Waals surface area contributed by atoms with Gasteiger partial charge in [0.25, 0.3) is 11.8 Å². The van der Waals surface area contributed by atoms with E-state index in [-0.39, 0.29) is 17.9 Å². The Morgan fingerprint density at radius 3 is 2.94 bits per heavy atom. The van der Waals surface area contributed by atoms with E-state index in [1.807, 2.05) is 42.3 Å². The van der Waals surface area contributed by atoms with Crippen molar-refractivity contribution in [2.45, 2.75) is 26.3 Å². The standard InChI is InChI=1S/C25H25N3O4S2/c1-13-4-3-5-15(8-13)22-20(27-14(2)34-22)25(30)28-11-16-9-17(16)18(28)10-26-24(29)23-21-19(12-33-23)31-6-7-32-21/h3-5,8,12,16-18H,6-7,9-11H2,1-2H3,(H,26,29)/t16-,17-,18-/m1/s1. The number of nitrogens with zero attached hydrogens (tertiary/aromatic N) is 2. The van der Waals surface area contributed by atoms with Gasteiger partial charge < -0.3 is 19.7 Å². The van der Waals surface area contributed by atoms with E-state index in [4.69, 9.17) is 9.47 Å². The normalized spacial score (nSPS) is 22.4. The lowest BCUT2D eigenvalue weighted by Gasteiger charge is -2.27. The minimum Gasteiger partial charge on any atom is -0.485 e. The molecule has 3 aromatic rings. The molecule has 9 heteroatoms. The van der Waals surface area contributed by atoms with Crippen molar-refractivity contribution in [3.05, 3.63) is 50.8 Å². The van der Waals surface area contributed by atoms with Crippen molar-refractivity contribution in [3.63, 3.8) is 0 Å². The second kappa shape index (κ2) is 8.39. The number of nitrogens with one attached hydrogen (secondary N) is 1. The molecule has 3 atom stereocenters. The van der Waals surface area contributed by atoms with Crippen LogP contribution < -0.4 is 14.8 Å². The predicted molar refractivity (Wildman–Crippen MR) is 131 cm³/mol. The Kier molecular flexibility index (Phi) is 5.33. The molecule has 4 heterocycles. The molecular weight excluding hydrogens is 470 g/mol. The third-order valence-corrected chi connectivity index (χ3v) is 8.72. The summed E-state index contributed by atoms with van der Waals surface area (Å²) in [5.41, 5.74) is 2.69. The number of aryl methyl sites for hydroxylation is 2. The number of piperidine rings is 1. The lowest BCUT2D eigenvalue weighted by molar-refractivity contribution is 0.0690. The molecule has 3 aliphatic rings. The van der Waals surface area contributed by atoms with Crippen molar-refractivity contribution >= 4 is 34.5 Å². The average Bonchev–Trinajstić information content (AvgIpc) is 3.17. The van der Waals surface area contributed by atoms with Crippen molar-refractivity contribution in [1.82, 2.24) is 15.2 Å². The van der Waals surface area contributed by atoms with Gasteiger partial charge in [0.15, 0.2) is 11.5 Å².